The van der Waals surface area contributed by atoms with Crippen molar-refractivity contribution in [1.29, 1.82) is 0 Å². The Labute approximate surface area is 131 Å². The average molecular weight is 314 g/mol. The molecule has 0 saturated heterocycles. The van der Waals surface area contributed by atoms with Gasteiger partial charge < -0.3 is 15.0 Å². The Morgan fingerprint density at radius 1 is 1.36 bits per heavy atom. The summed E-state index contributed by atoms with van der Waals surface area (Å²) in [6.07, 6.45) is 1.39. The van der Waals surface area contributed by atoms with Gasteiger partial charge in [-0.15, -0.1) is 11.3 Å². The molecule has 3 aromatic rings. The van der Waals surface area contributed by atoms with Crippen LogP contribution in [0.4, 0.5) is 5.13 Å². The number of nitrogen functional groups attached to an aromatic ring is 1. The van der Waals surface area contributed by atoms with Crippen molar-refractivity contribution < 1.29 is 9.25 Å². The summed E-state index contributed by atoms with van der Waals surface area (Å²) in [6, 6.07) is 9.67. The molecule has 0 aliphatic heterocycles. The molecule has 2 aromatic heterocycles. The second kappa shape index (κ2) is 6.40. The number of aryl methyl sites for hydroxylation is 1. The van der Waals surface area contributed by atoms with E-state index in [9.17, 15) is 0 Å². The Morgan fingerprint density at radius 2 is 2.18 bits per heavy atom. The Balaban J connectivity index is 1.85. The minimum absolute atomic E-state index is 0.247. The highest BCUT2D eigenvalue weighted by molar-refractivity contribution is 7.13. The van der Waals surface area contributed by atoms with Crippen molar-refractivity contribution >= 4 is 22.2 Å². The smallest absolute Gasteiger partial charge is 0.181 e. The second-order valence-corrected chi connectivity index (χ2v) is 5.41. The molecule has 0 saturated carbocycles. The normalized spacial score (nSPS) is 11.6. The maximum Gasteiger partial charge on any atom is 0.181 e. The predicted molar refractivity (Wildman–Crippen MR) is 84.6 cm³/mol. The Bertz CT molecular complexity index is 780. The zero-order valence-electron chi connectivity index (χ0n) is 11.9. The first kappa shape index (κ1) is 14.3. The highest BCUT2D eigenvalue weighted by Crippen LogP contribution is 2.16. The molecule has 0 bridgehead atoms. The van der Waals surface area contributed by atoms with Crippen molar-refractivity contribution in [2.24, 2.45) is 5.16 Å². The van der Waals surface area contributed by atoms with E-state index in [1.54, 1.807) is 0 Å². The molecular formula is C15H14N4O2S. The van der Waals surface area contributed by atoms with E-state index in [0.29, 0.717) is 16.6 Å². The number of nitrogens with two attached hydrogens (primary N) is 1. The largest absolute Gasteiger partial charge is 0.441 e. The van der Waals surface area contributed by atoms with Crippen LogP contribution in [0.5, 0.6) is 0 Å². The topological polar surface area (TPSA) is 86.5 Å². The van der Waals surface area contributed by atoms with Crippen LogP contribution < -0.4 is 5.73 Å². The number of anilines is 1. The Kier molecular flexibility index (Phi) is 4.15. The molecule has 0 aliphatic rings. The van der Waals surface area contributed by atoms with Crippen molar-refractivity contribution in [2.75, 3.05) is 5.73 Å². The number of aromatic nitrogens is 2. The van der Waals surface area contributed by atoms with Crippen LogP contribution in [0.3, 0.4) is 0 Å². The van der Waals surface area contributed by atoms with Gasteiger partial charge in [-0.05, 0) is 6.92 Å². The number of benzene rings is 1. The molecule has 112 valence electrons. The summed E-state index contributed by atoms with van der Waals surface area (Å²) >= 11 is 1.37. The van der Waals surface area contributed by atoms with Crippen LogP contribution in [0.15, 0.2) is 51.7 Å². The average Bonchev–Trinajstić information content (AvgIpc) is 3.13. The molecule has 0 aliphatic carbocycles. The van der Waals surface area contributed by atoms with Crippen LogP contribution in [0, 0.1) is 6.92 Å². The van der Waals surface area contributed by atoms with Gasteiger partial charge in [0.1, 0.15) is 0 Å². The maximum absolute atomic E-state index is 5.59. The fourth-order valence-corrected chi connectivity index (χ4v) is 2.45. The van der Waals surface area contributed by atoms with Gasteiger partial charge >= 0.3 is 0 Å². The van der Waals surface area contributed by atoms with E-state index in [1.165, 1.54) is 17.7 Å². The monoisotopic (exact) mass is 314 g/mol. The van der Waals surface area contributed by atoms with Crippen molar-refractivity contribution in [3.05, 3.63) is 64.8 Å². The van der Waals surface area contributed by atoms with E-state index in [0.717, 1.165) is 17.0 Å². The van der Waals surface area contributed by atoms with Gasteiger partial charge in [0.05, 0.1) is 11.4 Å². The molecule has 0 amide bonds. The first-order valence-corrected chi connectivity index (χ1v) is 7.47. The van der Waals surface area contributed by atoms with Crippen molar-refractivity contribution in [3.63, 3.8) is 0 Å². The van der Waals surface area contributed by atoms with E-state index in [1.807, 2.05) is 42.6 Å². The number of oxazole rings is 1. The molecule has 0 spiro atoms. The van der Waals surface area contributed by atoms with Crippen LogP contribution in [0.2, 0.25) is 0 Å². The summed E-state index contributed by atoms with van der Waals surface area (Å²) in [4.78, 5) is 13.6. The first-order chi connectivity index (χ1) is 10.7. The minimum Gasteiger partial charge on any atom is -0.441 e. The molecule has 3 rings (SSSR count). The molecule has 0 radical (unpaired) electrons. The predicted octanol–water partition coefficient (Wildman–Crippen LogP) is 2.99. The maximum atomic E-state index is 5.59. The number of hydrogen-bond donors (Lipinski definition) is 1. The highest BCUT2D eigenvalue weighted by atomic mass is 32.1. The zero-order valence-corrected chi connectivity index (χ0v) is 12.7. The number of oxime groups is 1. The lowest BCUT2D eigenvalue weighted by Crippen LogP contribution is -2.05. The van der Waals surface area contributed by atoms with Crippen molar-refractivity contribution in [2.45, 2.75) is 13.5 Å². The third kappa shape index (κ3) is 3.15. The summed E-state index contributed by atoms with van der Waals surface area (Å²) in [5.74, 6) is 0.587. The van der Waals surface area contributed by atoms with Gasteiger partial charge in [0, 0.05) is 10.9 Å². The van der Waals surface area contributed by atoms with E-state index in [-0.39, 0.29) is 6.61 Å². The Hall–Kier alpha value is -2.67. The molecule has 22 heavy (non-hydrogen) atoms. The fourth-order valence-electron chi connectivity index (χ4n) is 1.90. The van der Waals surface area contributed by atoms with Gasteiger partial charge in [-0.2, -0.15) is 0 Å². The number of nitrogens with zero attached hydrogens (tertiary/aromatic N) is 3. The minimum atomic E-state index is 0.247. The summed E-state index contributed by atoms with van der Waals surface area (Å²) in [6.45, 7) is 2.11. The van der Waals surface area contributed by atoms with Gasteiger partial charge in [-0.3, -0.25) is 0 Å². The summed E-state index contributed by atoms with van der Waals surface area (Å²) in [7, 11) is 0. The van der Waals surface area contributed by atoms with Gasteiger partial charge in [-0.25, -0.2) is 9.97 Å². The quantitative estimate of drug-likeness (QED) is 0.578. The first-order valence-electron chi connectivity index (χ1n) is 6.60. The van der Waals surface area contributed by atoms with Gasteiger partial charge in [0.25, 0.3) is 0 Å². The molecular weight excluding hydrogens is 300 g/mol. The van der Waals surface area contributed by atoms with Crippen LogP contribution in [0.1, 0.15) is 22.7 Å². The van der Waals surface area contributed by atoms with E-state index >= 15 is 0 Å². The van der Waals surface area contributed by atoms with Crippen LogP contribution in [-0.4, -0.2) is 15.7 Å². The van der Waals surface area contributed by atoms with Crippen LogP contribution in [0.25, 0.3) is 0 Å². The molecule has 2 heterocycles. The lowest BCUT2D eigenvalue weighted by Gasteiger charge is -2.04. The molecule has 0 atom stereocenters. The van der Waals surface area contributed by atoms with E-state index in [2.05, 4.69) is 15.1 Å². The summed E-state index contributed by atoms with van der Waals surface area (Å²) in [5.41, 5.74) is 8.57. The van der Waals surface area contributed by atoms with Crippen molar-refractivity contribution in [1.82, 2.24) is 9.97 Å². The summed E-state index contributed by atoms with van der Waals surface area (Å²) in [5, 5.41) is 6.56. The van der Waals surface area contributed by atoms with Gasteiger partial charge in [-0.1, -0.05) is 35.5 Å². The number of rotatable bonds is 5. The molecule has 7 heteroatoms. The zero-order chi connectivity index (χ0) is 15.4. The molecule has 0 unspecified atom stereocenters. The van der Waals surface area contributed by atoms with Crippen LogP contribution >= 0.6 is 11.3 Å². The van der Waals surface area contributed by atoms with Gasteiger partial charge in [0.15, 0.2) is 29.6 Å². The van der Waals surface area contributed by atoms with Crippen molar-refractivity contribution in [3.8, 4) is 0 Å². The molecule has 1 aromatic carbocycles. The molecule has 6 nitrogen and oxygen atoms in total. The molecule has 0 fully saturated rings. The highest BCUT2D eigenvalue weighted by Gasteiger charge is 2.15. The fraction of sp³-hybridized carbons (Fsp3) is 0.133. The number of hydrogen-bond acceptors (Lipinski definition) is 7. The summed E-state index contributed by atoms with van der Waals surface area (Å²) < 4.78 is 5.43. The van der Waals surface area contributed by atoms with Gasteiger partial charge in [0.2, 0.25) is 0 Å². The lowest BCUT2D eigenvalue weighted by atomic mass is 10.1. The SMILES string of the molecule is Cc1ncoc1C(=NOCc1csc(N)n1)c1ccccc1. The number of thiazole rings is 1. The third-order valence-electron chi connectivity index (χ3n) is 2.95. The standard InChI is InChI=1S/C15H14N4O2S/c1-10-14(20-9-17-10)13(11-5-3-2-4-6-11)19-21-7-12-8-22-15(16)18-12/h2-6,8-9H,7H2,1H3,(H2,16,18). The second-order valence-electron chi connectivity index (χ2n) is 4.52. The lowest BCUT2D eigenvalue weighted by molar-refractivity contribution is 0.128. The van der Waals surface area contributed by atoms with E-state index in [4.69, 9.17) is 15.0 Å². The third-order valence-corrected chi connectivity index (χ3v) is 3.67. The van der Waals surface area contributed by atoms with Crippen LogP contribution in [-0.2, 0) is 11.4 Å². The van der Waals surface area contributed by atoms with E-state index < -0.39 is 0 Å². The molecule has 2 N–H and O–H groups in total. The Morgan fingerprint density at radius 3 is 2.82 bits per heavy atom.